The van der Waals surface area contributed by atoms with E-state index in [0.717, 1.165) is 19.4 Å². The molecule has 1 aliphatic carbocycles. The SMILES string of the molecule is OC1(Cc2ccc3c(c2)CCC3)CCN2CCCC21. The van der Waals surface area contributed by atoms with Gasteiger partial charge in [-0.05, 0) is 61.8 Å². The molecule has 2 heterocycles. The molecule has 2 nitrogen and oxygen atoms in total. The number of fused-ring (bicyclic) bond motifs is 2. The second-order valence-electron chi connectivity index (χ2n) is 6.68. The van der Waals surface area contributed by atoms with Crippen LogP contribution in [-0.2, 0) is 19.3 Å². The van der Waals surface area contributed by atoms with Crippen LogP contribution in [0.15, 0.2) is 18.2 Å². The number of hydrogen-bond donors (Lipinski definition) is 1. The van der Waals surface area contributed by atoms with Crippen LogP contribution in [0.4, 0.5) is 0 Å². The molecule has 19 heavy (non-hydrogen) atoms. The van der Waals surface area contributed by atoms with Gasteiger partial charge in [-0.25, -0.2) is 0 Å². The van der Waals surface area contributed by atoms with Gasteiger partial charge in [0, 0.05) is 19.0 Å². The third kappa shape index (κ3) is 1.93. The van der Waals surface area contributed by atoms with Crippen LogP contribution in [0.3, 0.4) is 0 Å². The lowest BCUT2D eigenvalue weighted by Gasteiger charge is -2.30. The Hall–Kier alpha value is -0.860. The molecule has 4 rings (SSSR count). The minimum Gasteiger partial charge on any atom is -0.388 e. The highest BCUT2D eigenvalue weighted by atomic mass is 16.3. The number of aryl methyl sites for hydroxylation is 2. The molecule has 2 fully saturated rings. The summed E-state index contributed by atoms with van der Waals surface area (Å²) in [5, 5.41) is 11.0. The Bertz CT molecular complexity index is 498. The maximum Gasteiger partial charge on any atom is 0.0854 e. The van der Waals surface area contributed by atoms with E-state index < -0.39 is 5.60 Å². The van der Waals surface area contributed by atoms with Gasteiger partial charge in [-0.3, -0.25) is 4.90 Å². The molecule has 2 heteroatoms. The topological polar surface area (TPSA) is 23.5 Å². The summed E-state index contributed by atoms with van der Waals surface area (Å²) >= 11 is 0. The van der Waals surface area contributed by atoms with E-state index in [4.69, 9.17) is 0 Å². The van der Waals surface area contributed by atoms with Gasteiger partial charge in [0.05, 0.1) is 5.60 Å². The zero-order chi connectivity index (χ0) is 12.9. The molecule has 0 saturated carbocycles. The molecule has 0 aromatic heterocycles. The molecule has 0 bridgehead atoms. The highest BCUT2D eigenvalue weighted by Gasteiger charge is 2.47. The fourth-order valence-corrected chi connectivity index (χ4v) is 4.50. The molecule has 2 unspecified atom stereocenters. The first-order valence-electron chi connectivity index (χ1n) is 7.82. The van der Waals surface area contributed by atoms with E-state index >= 15 is 0 Å². The minimum absolute atomic E-state index is 0.417. The van der Waals surface area contributed by atoms with Crippen LogP contribution in [0.25, 0.3) is 0 Å². The van der Waals surface area contributed by atoms with Crippen molar-refractivity contribution in [3.63, 3.8) is 0 Å². The largest absolute Gasteiger partial charge is 0.388 e. The second-order valence-corrected chi connectivity index (χ2v) is 6.68. The summed E-state index contributed by atoms with van der Waals surface area (Å²) in [6.07, 6.45) is 8.03. The van der Waals surface area contributed by atoms with Crippen LogP contribution >= 0.6 is 0 Å². The summed E-state index contributed by atoms with van der Waals surface area (Å²) in [7, 11) is 0. The number of nitrogens with zero attached hydrogens (tertiary/aromatic N) is 1. The number of hydrogen-bond acceptors (Lipinski definition) is 2. The van der Waals surface area contributed by atoms with Crippen molar-refractivity contribution in [2.24, 2.45) is 0 Å². The van der Waals surface area contributed by atoms with Crippen LogP contribution < -0.4 is 0 Å². The lowest BCUT2D eigenvalue weighted by atomic mass is 9.85. The van der Waals surface area contributed by atoms with Crippen molar-refractivity contribution in [2.45, 2.75) is 56.6 Å². The van der Waals surface area contributed by atoms with Crippen LogP contribution in [0.5, 0.6) is 0 Å². The van der Waals surface area contributed by atoms with Crippen molar-refractivity contribution in [2.75, 3.05) is 13.1 Å². The average molecular weight is 257 g/mol. The number of aliphatic hydroxyl groups is 1. The first-order valence-corrected chi connectivity index (χ1v) is 7.82. The number of benzene rings is 1. The summed E-state index contributed by atoms with van der Waals surface area (Å²) in [5.74, 6) is 0. The normalized spacial score (nSPS) is 33.6. The predicted molar refractivity (Wildman–Crippen MR) is 76.3 cm³/mol. The first-order chi connectivity index (χ1) is 9.24. The molecule has 0 radical (unpaired) electrons. The zero-order valence-electron chi connectivity index (χ0n) is 11.6. The Morgan fingerprint density at radius 1 is 1.16 bits per heavy atom. The smallest absolute Gasteiger partial charge is 0.0854 e. The Morgan fingerprint density at radius 2 is 2.05 bits per heavy atom. The lowest BCUT2D eigenvalue weighted by Crippen LogP contribution is -2.43. The fraction of sp³-hybridized carbons (Fsp3) is 0.647. The van der Waals surface area contributed by atoms with Crippen molar-refractivity contribution >= 4 is 0 Å². The molecule has 0 amide bonds. The zero-order valence-corrected chi connectivity index (χ0v) is 11.6. The van der Waals surface area contributed by atoms with Gasteiger partial charge in [0.25, 0.3) is 0 Å². The van der Waals surface area contributed by atoms with Crippen LogP contribution in [0.1, 0.15) is 42.4 Å². The summed E-state index contributed by atoms with van der Waals surface area (Å²) in [6.45, 7) is 2.28. The molecule has 1 aromatic rings. The Kier molecular flexibility index (Phi) is 2.71. The van der Waals surface area contributed by atoms with Crippen LogP contribution in [0, 0.1) is 0 Å². The van der Waals surface area contributed by atoms with Gasteiger partial charge in [-0.1, -0.05) is 18.2 Å². The Balaban J connectivity index is 1.57. The van der Waals surface area contributed by atoms with Gasteiger partial charge in [-0.2, -0.15) is 0 Å². The molecule has 2 aliphatic heterocycles. The highest BCUT2D eigenvalue weighted by molar-refractivity contribution is 5.36. The van der Waals surface area contributed by atoms with E-state index in [1.54, 1.807) is 0 Å². The Labute approximate surface area is 115 Å². The number of rotatable bonds is 2. The molecule has 2 saturated heterocycles. The second kappa shape index (κ2) is 4.32. The third-order valence-electron chi connectivity index (χ3n) is 5.49. The molecule has 1 N–H and O–H groups in total. The van der Waals surface area contributed by atoms with E-state index in [-0.39, 0.29) is 0 Å². The van der Waals surface area contributed by atoms with Crippen molar-refractivity contribution in [3.8, 4) is 0 Å². The van der Waals surface area contributed by atoms with Gasteiger partial charge >= 0.3 is 0 Å². The quantitative estimate of drug-likeness (QED) is 0.879. The van der Waals surface area contributed by atoms with Crippen molar-refractivity contribution in [3.05, 3.63) is 34.9 Å². The summed E-state index contributed by atoms with van der Waals surface area (Å²) in [5.41, 5.74) is 3.94. The van der Waals surface area contributed by atoms with Crippen molar-refractivity contribution in [1.82, 2.24) is 4.90 Å². The Morgan fingerprint density at radius 3 is 3.00 bits per heavy atom. The lowest BCUT2D eigenvalue weighted by molar-refractivity contribution is 0.0141. The van der Waals surface area contributed by atoms with E-state index in [1.807, 2.05) is 0 Å². The summed E-state index contributed by atoms with van der Waals surface area (Å²) in [4.78, 5) is 2.49. The van der Waals surface area contributed by atoms with Gasteiger partial charge in [0.2, 0.25) is 0 Å². The fourth-order valence-electron chi connectivity index (χ4n) is 4.50. The van der Waals surface area contributed by atoms with E-state index in [0.29, 0.717) is 6.04 Å². The summed E-state index contributed by atoms with van der Waals surface area (Å²) < 4.78 is 0. The first kappa shape index (κ1) is 11.9. The molecule has 102 valence electrons. The maximum absolute atomic E-state index is 11.0. The van der Waals surface area contributed by atoms with Crippen molar-refractivity contribution in [1.29, 1.82) is 0 Å². The third-order valence-corrected chi connectivity index (χ3v) is 5.49. The predicted octanol–water partition coefficient (Wildman–Crippen LogP) is 2.32. The molecule has 2 atom stereocenters. The van der Waals surface area contributed by atoms with E-state index in [1.165, 1.54) is 55.3 Å². The minimum atomic E-state index is -0.469. The van der Waals surface area contributed by atoms with Crippen LogP contribution in [0.2, 0.25) is 0 Å². The van der Waals surface area contributed by atoms with Gasteiger partial charge in [0.1, 0.15) is 0 Å². The molecule has 1 aromatic carbocycles. The van der Waals surface area contributed by atoms with Gasteiger partial charge < -0.3 is 5.11 Å². The van der Waals surface area contributed by atoms with Gasteiger partial charge in [-0.15, -0.1) is 0 Å². The van der Waals surface area contributed by atoms with Gasteiger partial charge in [0.15, 0.2) is 0 Å². The highest BCUT2D eigenvalue weighted by Crippen LogP contribution is 2.38. The maximum atomic E-state index is 11.0. The summed E-state index contributed by atoms with van der Waals surface area (Å²) in [6, 6.07) is 7.32. The molecular formula is C17H23NO. The van der Waals surface area contributed by atoms with E-state index in [9.17, 15) is 5.11 Å². The monoisotopic (exact) mass is 257 g/mol. The molecular weight excluding hydrogens is 234 g/mol. The molecule has 3 aliphatic rings. The average Bonchev–Trinajstić information content (AvgIpc) is 3.08. The molecule has 0 spiro atoms. The van der Waals surface area contributed by atoms with Crippen LogP contribution in [-0.4, -0.2) is 34.7 Å². The standard InChI is InChI=1S/C17H23NO/c19-17(8-10-18-9-2-5-16(17)18)12-13-6-7-14-3-1-4-15(14)11-13/h6-7,11,16,19H,1-5,8-10,12H2. The van der Waals surface area contributed by atoms with Crippen molar-refractivity contribution < 1.29 is 5.11 Å². The van der Waals surface area contributed by atoms with E-state index in [2.05, 4.69) is 23.1 Å².